The third-order valence-corrected chi connectivity index (χ3v) is 17.4. The normalized spacial score (nSPS) is 13.7. The van der Waals surface area contributed by atoms with Gasteiger partial charge in [-0.1, -0.05) is 6.07 Å². The number of nitrogen functional groups attached to an aromatic ring is 2. The fourth-order valence-electron chi connectivity index (χ4n) is 8.08. The van der Waals surface area contributed by atoms with Gasteiger partial charge in [-0.3, -0.25) is 37.3 Å². The quantitative estimate of drug-likeness (QED) is 0.0290. The molecular formula is C45H34Cl2N16NaO20S6. The maximum atomic E-state index is 12.7. The summed E-state index contributed by atoms with van der Waals surface area (Å²) in [4.78, 5) is 30.5. The van der Waals surface area contributed by atoms with Crippen molar-refractivity contribution in [3.63, 3.8) is 0 Å². The SMILES string of the molecule is Cc1ccc(N=c2[nH]c(Cl)nc(=Nc3ccc(N=Nc4c(N)c(S(=O)(=O)O)cc5cc(S(=O)(=O)O)cc(O)c45)c(S(=O)(=O)O)c3)[nH]2)c(N=c2[nH]c(Cl)nc(=Nc3ccc(N=Nc4c(N)c(S(=O)(=O)O)cc5cc(S(=O)(=O)O)cc(O)c45)c(S(=O)(=O)O)c3)[nH]2)c1.[Na]. The smallest absolute Gasteiger partial charge is 0.296 e. The third-order valence-electron chi connectivity index (χ3n) is 11.8. The molecule has 2 aromatic heterocycles. The Labute approximate surface area is 534 Å². The summed E-state index contributed by atoms with van der Waals surface area (Å²) in [6.07, 6.45) is 0. The maximum Gasteiger partial charge on any atom is 0.296 e. The zero-order chi connectivity index (χ0) is 65.2. The van der Waals surface area contributed by atoms with E-state index < -0.39 is 157 Å². The number of aromatic amines is 4. The molecule has 0 fully saturated rings. The van der Waals surface area contributed by atoms with Crippen molar-refractivity contribution in [1.82, 2.24) is 29.9 Å². The predicted octanol–water partition coefficient (Wildman–Crippen LogP) is 5.15. The van der Waals surface area contributed by atoms with Crippen LogP contribution in [-0.2, 0) is 60.7 Å². The number of nitrogens with two attached hydrogens (primary N) is 2. The van der Waals surface area contributed by atoms with E-state index in [1.54, 1.807) is 19.1 Å². The third kappa shape index (κ3) is 15.1. The molecule has 9 rings (SSSR count). The first-order chi connectivity index (χ1) is 41.2. The van der Waals surface area contributed by atoms with Crippen LogP contribution in [0.15, 0.2) is 161 Å². The molecule has 0 bridgehead atoms. The van der Waals surface area contributed by atoms with Crippen LogP contribution in [0, 0.1) is 6.92 Å². The minimum Gasteiger partial charge on any atom is -0.507 e. The number of nitrogens with one attached hydrogen (secondary N) is 4. The fraction of sp³-hybridized carbons (Fsp3) is 0.0222. The molecule has 0 aliphatic heterocycles. The largest absolute Gasteiger partial charge is 0.507 e. The van der Waals surface area contributed by atoms with Crippen molar-refractivity contribution in [2.24, 2.45) is 40.4 Å². The summed E-state index contributed by atoms with van der Waals surface area (Å²) in [5.74, 6) is -1.88. The second-order valence-electron chi connectivity index (χ2n) is 18.0. The standard InChI is InChI=1S/C45H34Cl2N16O20S6.Na/c1-17-2-5-24(52-44-56-40(46)54-42(58-44)50-20-3-6-25(30(13-20)86(72,73)74)60-62-38-34-18(11-32(36(38)48)88(78,79)80)9-22(15-28(34)64)84(66,67)68)27(8-17)53-45-57-41(47)55-43(59-45)51-21-4-7-26(31(14-21)87(75,76)77)61-63-39-35-19(12-33(37(39)49)89(81,82)83)10-23(16-29(35)65)85(69,70)71;/h2-16,64-65H,48-49H2,1H3,(H,66,67,68)(H,69,70,71)(H,72,73,74)(H,75,76,77)(H,78,79,80)(H,81,82,83)(H2,50,52,54,56,58)(H2,51,53,55,57,59);. The monoisotopic (exact) mass is 1400 g/mol. The number of H-pyrrole nitrogens is 4. The predicted molar refractivity (Wildman–Crippen MR) is 314 cm³/mol. The van der Waals surface area contributed by atoms with Gasteiger partial charge in [0.1, 0.15) is 53.8 Å². The summed E-state index contributed by atoms with van der Waals surface area (Å²) in [5, 5.41) is 34.1. The molecule has 16 N–H and O–H groups in total. The molecule has 465 valence electrons. The van der Waals surface area contributed by atoms with Gasteiger partial charge in [-0.15, -0.1) is 20.5 Å². The Bertz CT molecular complexity index is 5690. The van der Waals surface area contributed by atoms with Crippen LogP contribution in [0.4, 0.5) is 56.9 Å². The molecule has 1 radical (unpaired) electrons. The fourth-order valence-corrected chi connectivity index (χ4v) is 12.1. The average Bonchev–Trinajstić information content (AvgIpc) is 0.766. The van der Waals surface area contributed by atoms with Gasteiger partial charge in [0.25, 0.3) is 60.7 Å². The minimum absolute atomic E-state index is 0. The Kier molecular flexibility index (Phi) is 18.7. The van der Waals surface area contributed by atoms with Crippen LogP contribution in [0.1, 0.15) is 5.56 Å². The number of fused-ring (bicyclic) bond motifs is 2. The second-order valence-corrected chi connectivity index (χ2v) is 27.1. The van der Waals surface area contributed by atoms with Crippen molar-refractivity contribution in [3.05, 3.63) is 130 Å². The number of aromatic hydroxyl groups is 2. The summed E-state index contributed by atoms with van der Waals surface area (Å²) in [6.45, 7) is 1.70. The van der Waals surface area contributed by atoms with Crippen LogP contribution in [0.3, 0.4) is 0 Å². The number of aryl methyl sites for hydroxylation is 1. The topological polar surface area (TPSA) is 607 Å². The van der Waals surface area contributed by atoms with Crippen LogP contribution in [0.2, 0.25) is 10.6 Å². The van der Waals surface area contributed by atoms with E-state index in [1.807, 2.05) is 0 Å². The van der Waals surface area contributed by atoms with E-state index >= 15 is 0 Å². The van der Waals surface area contributed by atoms with Gasteiger partial charge in [0, 0.05) is 41.7 Å². The molecule has 0 saturated heterocycles. The van der Waals surface area contributed by atoms with Gasteiger partial charge in [-0.2, -0.15) is 60.5 Å². The van der Waals surface area contributed by atoms with E-state index in [2.05, 4.69) is 70.3 Å². The zero-order valence-corrected chi connectivity index (χ0v) is 52.9. The maximum absolute atomic E-state index is 12.7. The number of phenolic OH excluding ortho intramolecular Hbond substituents is 2. The summed E-state index contributed by atoms with van der Waals surface area (Å²) in [7, 11) is -30.9. The van der Waals surface area contributed by atoms with E-state index in [0.717, 1.165) is 36.4 Å². The molecule has 45 heteroatoms. The second kappa shape index (κ2) is 24.8. The molecule has 7 aromatic carbocycles. The van der Waals surface area contributed by atoms with Crippen LogP contribution in [0.25, 0.3) is 21.5 Å². The summed E-state index contributed by atoms with van der Waals surface area (Å²) in [6, 6.07) is 14.3. The molecule has 2 heterocycles. The Morgan fingerprint density at radius 1 is 0.422 bits per heavy atom. The van der Waals surface area contributed by atoms with Gasteiger partial charge in [0.05, 0.1) is 54.7 Å². The first kappa shape index (κ1) is 67.6. The van der Waals surface area contributed by atoms with Crippen molar-refractivity contribution >= 4 is 192 Å². The Balaban J connectivity index is 0.0000105. The summed E-state index contributed by atoms with van der Waals surface area (Å²) >= 11 is 12.6. The van der Waals surface area contributed by atoms with Gasteiger partial charge in [-0.05, 0) is 119 Å². The first-order valence-electron chi connectivity index (χ1n) is 23.4. The number of phenols is 2. The minimum atomic E-state index is -5.24. The molecule has 9 aromatic rings. The Morgan fingerprint density at radius 3 is 1.16 bits per heavy atom. The van der Waals surface area contributed by atoms with Gasteiger partial charge in [-0.25, -0.2) is 20.0 Å². The van der Waals surface area contributed by atoms with Gasteiger partial charge in [0.2, 0.25) is 33.0 Å². The molecule has 0 atom stereocenters. The van der Waals surface area contributed by atoms with Crippen molar-refractivity contribution in [1.29, 1.82) is 0 Å². The molecule has 0 amide bonds. The molecule has 0 aliphatic carbocycles. The molecule has 0 unspecified atom stereocenters. The molecule has 0 spiro atoms. The number of benzene rings is 7. The summed E-state index contributed by atoms with van der Waals surface area (Å²) < 4.78 is 207. The van der Waals surface area contributed by atoms with E-state index in [9.17, 15) is 88.0 Å². The van der Waals surface area contributed by atoms with Crippen LogP contribution < -0.4 is 33.9 Å². The van der Waals surface area contributed by atoms with E-state index in [1.165, 1.54) is 6.07 Å². The molecule has 0 saturated carbocycles. The first-order valence-corrected chi connectivity index (χ1v) is 32.8. The number of nitrogens with zero attached hydrogens (tertiary/aromatic N) is 10. The van der Waals surface area contributed by atoms with E-state index in [-0.39, 0.29) is 85.3 Å². The van der Waals surface area contributed by atoms with Gasteiger partial charge >= 0.3 is 0 Å². The van der Waals surface area contributed by atoms with Crippen molar-refractivity contribution in [2.75, 3.05) is 11.5 Å². The number of hydrogen-bond donors (Lipinski definition) is 14. The van der Waals surface area contributed by atoms with Gasteiger partial charge < -0.3 is 31.6 Å². The molecule has 36 nitrogen and oxygen atoms in total. The van der Waals surface area contributed by atoms with Crippen LogP contribution in [-0.4, -0.2) is 147 Å². The van der Waals surface area contributed by atoms with E-state index in [4.69, 9.17) is 34.7 Å². The van der Waals surface area contributed by atoms with Gasteiger partial charge in [0.15, 0.2) is 0 Å². The number of halogens is 2. The van der Waals surface area contributed by atoms with Crippen molar-refractivity contribution < 1.29 is 88.0 Å². The van der Waals surface area contributed by atoms with Crippen LogP contribution >= 0.6 is 23.2 Å². The number of rotatable bonds is 14. The van der Waals surface area contributed by atoms with Crippen molar-refractivity contribution in [2.45, 2.75) is 36.3 Å². The van der Waals surface area contributed by atoms with Crippen LogP contribution in [0.5, 0.6) is 11.5 Å². The zero-order valence-electron chi connectivity index (χ0n) is 44.5. The number of hydrogen-bond acceptors (Lipinski definition) is 26. The number of anilines is 2. The number of aromatic nitrogens is 6. The molecule has 90 heavy (non-hydrogen) atoms. The Hall–Kier alpha value is -8.28. The number of azo groups is 2. The average molecular weight is 1410 g/mol. The Morgan fingerprint density at radius 2 is 0.789 bits per heavy atom. The summed E-state index contributed by atoms with van der Waals surface area (Å²) in [5.41, 5.74) is 6.79. The van der Waals surface area contributed by atoms with E-state index in [0.29, 0.717) is 42.0 Å². The van der Waals surface area contributed by atoms with Crippen molar-refractivity contribution in [3.8, 4) is 11.5 Å². The molecular weight excluding hydrogens is 1370 g/mol. The molecule has 0 aliphatic rings.